The van der Waals surface area contributed by atoms with Crippen molar-refractivity contribution in [1.82, 2.24) is 9.88 Å². The Balaban J connectivity index is 1.50. The quantitative estimate of drug-likeness (QED) is 0.682. The maximum Gasteiger partial charge on any atom is 0.135 e. The van der Waals surface area contributed by atoms with Gasteiger partial charge in [-0.05, 0) is 37.7 Å². The number of pyridine rings is 1. The van der Waals surface area contributed by atoms with Crippen LogP contribution in [0.15, 0.2) is 35.4 Å². The lowest BCUT2D eigenvalue weighted by atomic mass is 9.89. The molecule has 1 saturated heterocycles. The second kappa shape index (κ2) is 8.97. The summed E-state index contributed by atoms with van der Waals surface area (Å²) in [6.07, 6.45) is 3.85. The van der Waals surface area contributed by atoms with E-state index in [0.717, 1.165) is 73.1 Å². The molecule has 2 aliphatic rings. The van der Waals surface area contributed by atoms with Gasteiger partial charge in [0.1, 0.15) is 16.9 Å². The molecule has 158 valence electrons. The predicted molar refractivity (Wildman–Crippen MR) is 122 cm³/mol. The summed E-state index contributed by atoms with van der Waals surface area (Å²) in [5.74, 6) is 1.02. The van der Waals surface area contributed by atoms with Crippen LogP contribution in [0.2, 0.25) is 0 Å². The fraction of sp³-hybridized carbons (Fsp3) is 0.500. The van der Waals surface area contributed by atoms with Gasteiger partial charge in [-0.25, -0.2) is 4.98 Å². The molecule has 0 aliphatic carbocycles. The molecule has 5 nitrogen and oxygen atoms in total. The summed E-state index contributed by atoms with van der Waals surface area (Å²) in [6, 6.07) is 13.1. The number of benzene rings is 1. The van der Waals surface area contributed by atoms with Crippen LogP contribution in [0.25, 0.3) is 0 Å². The highest BCUT2D eigenvalue weighted by Gasteiger charge is 2.33. The van der Waals surface area contributed by atoms with E-state index in [1.807, 2.05) is 6.26 Å². The van der Waals surface area contributed by atoms with Crippen molar-refractivity contribution >= 4 is 17.6 Å². The molecule has 2 aromatic rings. The fourth-order valence-electron chi connectivity index (χ4n) is 4.37. The van der Waals surface area contributed by atoms with Crippen molar-refractivity contribution in [2.75, 3.05) is 43.9 Å². The van der Waals surface area contributed by atoms with Crippen LogP contribution in [0, 0.1) is 11.3 Å². The second-order valence-corrected chi connectivity index (χ2v) is 9.47. The Hall–Kier alpha value is -2.07. The van der Waals surface area contributed by atoms with E-state index in [9.17, 15) is 5.26 Å². The first-order chi connectivity index (χ1) is 14.5. The van der Waals surface area contributed by atoms with Gasteiger partial charge < -0.3 is 9.64 Å². The molecule has 30 heavy (non-hydrogen) atoms. The minimum Gasteiger partial charge on any atom is -0.370 e. The molecule has 4 rings (SSSR count). The van der Waals surface area contributed by atoms with Gasteiger partial charge >= 0.3 is 0 Å². The zero-order valence-corrected chi connectivity index (χ0v) is 19.0. The van der Waals surface area contributed by atoms with Gasteiger partial charge in [0, 0.05) is 44.7 Å². The molecule has 0 unspecified atom stereocenters. The average Bonchev–Trinajstić information content (AvgIpc) is 2.77. The molecule has 0 atom stereocenters. The highest BCUT2D eigenvalue weighted by Crippen LogP contribution is 2.38. The lowest BCUT2D eigenvalue weighted by Gasteiger charge is -2.39. The molecule has 3 heterocycles. The van der Waals surface area contributed by atoms with Gasteiger partial charge in [0.05, 0.1) is 17.8 Å². The number of piperazine rings is 1. The van der Waals surface area contributed by atoms with Crippen molar-refractivity contribution < 1.29 is 4.74 Å². The second-order valence-electron chi connectivity index (χ2n) is 8.68. The maximum atomic E-state index is 9.80. The Morgan fingerprint density at radius 2 is 1.87 bits per heavy atom. The summed E-state index contributed by atoms with van der Waals surface area (Å²) in [7, 11) is 0. The number of thioether (sulfide) groups is 1. The van der Waals surface area contributed by atoms with Gasteiger partial charge in [-0.15, -0.1) is 11.8 Å². The van der Waals surface area contributed by atoms with E-state index >= 15 is 0 Å². The lowest BCUT2D eigenvalue weighted by molar-refractivity contribution is -0.0402. The number of anilines is 1. The predicted octanol–water partition coefficient (Wildman–Crippen LogP) is 3.89. The van der Waals surface area contributed by atoms with Gasteiger partial charge in [0.15, 0.2) is 0 Å². The van der Waals surface area contributed by atoms with E-state index in [2.05, 4.69) is 60.0 Å². The van der Waals surface area contributed by atoms with Gasteiger partial charge in [0.25, 0.3) is 0 Å². The van der Waals surface area contributed by atoms with E-state index < -0.39 is 0 Å². The molecule has 0 radical (unpaired) electrons. The molecule has 0 bridgehead atoms. The molecule has 0 saturated carbocycles. The molecule has 0 N–H and O–H groups in total. The van der Waals surface area contributed by atoms with Crippen molar-refractivity contribution in [3.63, 3.8) is 0 Å². The number of nitriles is 1. The molecule has 1 fully saturated rings. The number of rotatable bonds is 5. The normalized spacial score (nSPS) is 18.7. The minimum atomic E-state index is -0.247. The lowest BCUT2D eigenvalue weighted by Crippen LogP contribution is -2.48. The van der Waals surface area contributed by atoms with E-state index in [4.69, 9.17) is 9.72 Å². The summed E-state index contributed by atoms with van der Waals surface area (Å²) in [5, 5.41) is 10.6. The van der Waals surface area contributed by atoms with Crippen molar-refractivity contribution in [2.45, 2.75) is 43.9 Å². The number of aromatic nitrogens is 1. The third-order valence-electron chi connectivity index (χ3n) is 6.10. The summed E-state index contributed by atoms with van der Waals surface area (Å²) in [5.41, 5.74) is 4.13. The molecule has 6 heteroatoms. The monoisotopic (exact) mass is 422 g/mol. The van der Waals surface area contributed by atoms with Crippen molar-refractivity contribution in [2.24, 2.45) is 0 Å². The van der Waals surface area contributed by atoms with Gasteiger partial charge in [0.2, 0.25) is 0 Å². The molecule has 0 amide bonds. The number of hydrogen-bond acceptors (Lipinski definition) is 6. The SMILES string of the molecule is CSc1nc(N2CCN(CCc3ccccc3)CC2)c2c(c1C#N)CC(C)(C)OC2. The number of hydrogen-bond donors (Lipinski definition) is 0. The first-order valence-electron chi connectivity index (χ1n) is 10.7. The van der Waals surface area contributed by atoms with Crippen LogP contribution >= 0.6 is 11.8 Å². The molecule has 0 spiro atoms. The van der Waals surface area contributed by atoms with E-state index in [0.29, 0.717) is 6.61 Å². The van der Waals surface area contributed by atoms with Gasteiger partial charge in [-0.1, -0.05) is 30.3 Å². The smallest absolute Gasteiger partial charge is 0.135 e. The third-order valence-corrected chi connectivity index (χ3v) is 6.79. The fourth-order valence-corrected chi connectivity index (χ4v) is 4.92. The van der Waals surface area contributed by atoms with Crippen LogP contribution in [0.5, 0.6) is 0 Å². The molecular formula is C24H30N4OS. The molecule has 1 aromatic heterocycles. The number of fused-ring (bicyclic) bond motifs is 1. The summed E-state index contributed by atoms with van der Waals surface area (Å²) in [4.78, 5) is 9.86. The summed E-state index contributed by atoms with van der Waals surface area (Å²) >= 11 is 1.57. The highest BCUT2D eigenvalue weighted by atomic mass is 32.2. The largest absolute Gasteiger partial charge is 0.370 e. The Kier molecular flexibility index (Phi) is 6.33. The summed E-state index contributed by atoms with van der Waals surface area (Å²) in [6.45, 7) is 9.79. The van der Waals surface area contributed by atoms with Gasteiger partial charge in [-0.3, -0.25) is 4.90 Å². The van der Waals surface area contributed by atoms with Crippen LogP contribution in [-0.2, 0) is 24.2 Å². The molecule has 1 aromatic carbocycles. The van der Waals surface area contributed by atoms with Crippen molar-refractivity contribution in [3.8, 4) is 6.07 Å². The summed E-state index contributed by atoms with van der Waals surface area (Å²) < 4.78 is 6.11. The van der Waals surface area contributed by atoms with Crippen LogP contribution in [0.3, 0.4) is 0 Å². The topological polar surface area (TPSA) is 52.4 Å². The van der Waals surface area contributed by atoms with Crippen LogP contribution < -0.4 is 4.90 Å². The Labute approximate surface area is 184 Å². The van der Waals surface area contributed by atoms with Crippen LogP contribution in [0.4, 0.5) is 5.82 Å². The van der Waals surface area contributed by atoms with E-state index in [1.54, 1.807) is 11.8 Å². The molecular weight excluding hydrogens is 392 g/mol. The zero-order chi connectivity index (χ0) is 21.1. The number of ether oxygens (including phenoxy) is 1. The van der Waals surface area contributed by atoms with Crippen LogP contribution in [-0.4, -0.2) is 54.5 Å². The minimum absolute atomic E-state index is 0.247. The standard InChI is InChI=1S/C24H30N4OS/c1-24(2)15-19-20(16-25)23(30-3)26-22(21(19)17-29-24)28-13-11-27(12-14-28)10-9-18-7-5-4-6-8-18/h4-8H,9-15,17H2,1-3H3. The van der Waals surface area contributed by atoms with E-state index in [1.165, 1.54) is 5.56 Å². The first kappa shape index (κ1) is 21.2. The van der Waals surface area contributed by atoms with Crippen molar-refractivity contribution in [3.05, 3.63) is 52.6 Å². The van der Waals surface area contributed by atoms with Crippen LogP contribution in [0.1, 0.15) is 36.1 Å². The Morgan fingerprint density at radius 1 is 1.13 bits per heavy atom. The highest BCUT2D eigenvalue weighted by molar-refractivity contribution is 7.98. The average molecular weight is 423 g/mol. The van der Waals surface area contributed by atoms with Crippen molar-refractivity contribution in [1.29, 1.82) is 5.26 Å². The Morgan fingerprint density at radius 3 is 2.53 bits per heavy atom. The number of nitrogens with zero attached hydrogens (tertiary/aromatic N) is 4. The first-order valence-corrected chi connectivity index (χ1v) is 11.9. The maximum absolute atomic E-state index is 9.80. The zero-order valence-electron chi connectivity index (χ0n) is 18.1. The molecule has 2 aliphatic heterocycles. The van der Waals surface area contributed by atoms with E-state index in [-0.39, 0.29) is 5.60 Å². The van der Waals surface area contributed by atoms with Gasteiger partial charge in [-0.2, -0.15) is 5.26 Å². The third kappa shape index (κ3) is 4.49. The Bertz CT molecular complexity index is 930.